The van der Waals surface area contributed by atoms with Crippen LogP contribution in [0, 0.1) is 6.92 Å². The summed E-state index contributed by atoms with van der Waals surface area (Å²) in [5, 5.41) is 0.565. The van der Waals surface area contributed by atoms with E-state index in [1.807, 2.05) is 25.1 Å². The SMILES string of the molecule is CCCCc1nc(Cl)c(C)c(-c2ccccc2)n1. The van der Waals surface area contributed by atoms with E-state index in [-0.39, 0.29) is 0 Å². The zero-order chi connectivity index (χ0) is 13.0. The Morgan fingerprint density at radius 1 is 1.11 bits per heavy atom. The molecule has 1 aromatic carbocycles. The Morgan fingerprint density at radius 2 is 1.83 bits per heavy atom. The summed E-state index contributed by atoms with van der Waals surface area (Å²) in [6.07, 6.45) is 3.11. The summed E-state index contributed by atoms with van der Waals surface area (Å²) in [5.41, 5.74) is 2.99. The summed E-state index contributed by atoms with van der Waals surface area (Å²) in [6, 6.07) is 10.1. The summed E-state index contributed by atoms with van der Waals surface area (Å²) in [7, 11) is 0. The maximum atomic E-state index is 6.20. The topological polar surface area (TPSA) is 25.8 Å². The zero-order valence-electron chi connectivity index (χ0n) is 10.8. The molecule has 0 aliphatic rings. The predicted molar refractivity (Wildman–Crippen MR) is 75.8 cm³/mol. The maximum absolute atomic E-state index is 6.20. The van der Waals surface area contributed by atoms with Gasteiger partial charge >= 0.3 is 0 Å². The molecule has 0 spiro atoms. The maximum Gasteiger partial charge on any atom is 0.136 e. The predicted octanol–water partition coefficient (Wildman–Crippen LogP) is 4.45. The van der Waals surface area contributed by atoms with E-state index in [9.17, 15) is 0 Å². The Morgan fingerprint density at radius 3 is 2.50 bits per heavy atom. The van der Waals surface area contributed by atoms with Crippen LogP contribution in [0.2, 0.25) is 5.15 Å². The molecule has 0 radical (unpaired) electrons. The fourth-order valence-electron chi connectivity index (χ4n) is 1.86. The van der Waals surface area contributed by atoms with Crippen molar-refractivity contribution >= 4 is 11.6 Å². The van der Waals surface area contributed by atoms with Gasteiger partial charge in [0.1, 0.15) is 11.0 Å². The van der Waals surface area contributed by atoms with Gasteiger partial charge in [0, 0.05) is 17.5 Å². The Balaban J connectivity index is 2.43. The minimum atomic E-state index is 0.565. The molecule has 0 bridgehead atoms. The number of rotatable bonds is 4. The molecule has 0 unspecified atom stereocenters. The average Bonchev–Trinajstić information content (AvgIpc) is 2.41. The van der Waals surface area contributed by atoms with Gasteiger partial charge in [0.05, 0.1) is 5.69 Å². The van der Waals surface area contributed by atoms with Gasteiger partial charge < -0.3 is 0 Å². The first-order valence-corrected chi connectivity index (χ1v) is 6.68. The van der Waals surface area contributed by atoms with Crippen molar-refractivity contribution in [3.05, 3.63) is 46.9 Å². The van der Waals surface area contributed by atoms with Crippen LogP contribution < -0.4 is 0 Å². The number of halogens is 1. The molecule has 0 fully saturated rings. The third-order valence-electron chi connectivity index (χ3n) is 2.93. The lowest BCUT2D eigenvalue weighted by atomic mass is 10.1. The average molecular weight is 261 g/mol. The van der Waals surface area contributed by atoms with Crippen molar-refractivity contribution in [3.8, 4) is 11.3 Å². The van der Waals surface area contributed by atoms with Crippen LogP contribution in [0.5, 0.6) is 0 Å². The van der Waals surface area contributed by atoms with Crippen molar-refractivity contribution < 1.29 is 0 Å². The van der Waals surface area contributed by atoms with Gasteiger partial charge in [-0.1, -0.05) is 55.3 Å². The minimum Gasteiger partial charge on any atom is -0.233 e. The molecule has 2 aromatic rings. The first-order chi connectivity index (χ1) is 8.72. The Bertz CT molecular complexity index is 524. The molecule has 1 aromatic heterocycles. The van der Waals surface area contributed by atoms with E-state index >= 15 is 0 Å². The minimum absolute atomic E-state index is 0.565. The number of nitrogens with zero attached hydrogens (tertiary/aromatic N) is 2. The summed E-state index contributed by atoms with van der Waals surface area (Å²) in [5.74, 6) is 0.839. The molecule has 0 atom stereocenters. The smallest absolute Gasteiger partial charge is 0.136 e. The van der Waals surface area contributed by atoms with Crippen molar-refractivity contribution in [2.45, 2.75) is 33.1 Å². The molecule has 0 aliphatic heterocycles. The van der Waals surface area contributed by atoms with E-state index in [1.54, 1.807) is 0 Å². The fourth-order valence-corrected chi connectivity index (χ4v) is 2.04. The Hall–Kier alpha value is -1.41. The highest BCUT2D eigenvalue weighted by Crippen LogP contribution is 2.25. The molecular weight excluding hydrogens is 244 g/mol. The van der Waals surface area contributed by atoms with Gasteiger partial charge in [0.25, 0.3) is 0 Å². The van der Waals surface area contributed by atoms with Gasteiger partial charge in [-0.2, -0.15) is 0 Å². The second-order valence-electron chi connectivity index (χ2n) is 4.37. The van der Waals surface area contributed by atoms with Crippen molar-refractivity contribution in [3.63, 3.8) is 0 Å². The third kappa shape index (κ3) is 2.88. The lowest BCUT2D eigenvalue weighted by Crippen LogP contribution is -2.00. The van der Waals surface area contributed by atoms with E-state index in [0.717, 1.165) is 41.9 Å². The number of hydrogen-bond donors (Lipinski definition) is 0. The number of aromatic nitrogens is 2. The normalized spacial score (nSPS) is 10.6. The van der Waals surface area contributed by atoms with E-state index in [1.165, 1.54) is 0 Å². The van der Waals surface area contributed by atoms with Crippen LogP contribution in [0.1, 0.15) is 31.2 Å². The molecule has 0 aliphatic carbocycles. The van der Waals surface area contributed by atoms with Gasteiger partial charge in [0.15, 0.2) is 0 Å². The number of hydrogen-bond acceptors (Lipinski definition) is 2. The van der Waals surface area contributed by atoms with Crippen LogP contribution >= 0.6 is 11.6 Å². The monoisotopic (exact) mass is 260 g/mol. The number of unbranched alkanes of at least 4 members (excludes halogenated alkanes) is 1. The van der Waals surface area contributed by atoms with Crippen LogP contribution in [0.4, 0.5) is 0 Å². The van der Waals surface area contributed by atoms with Crippen LogP contribution in [0.15, 0.2) is 30.3 Å². The second-order valence-corrected chi connectivity index (χ2v) is 4.73. The van der Waals surface area contributed by atoms with Crippen LogP contribution in [0.25, 0.3) is 11.3 Å². The van der Waals surface area contributed by atoms with Crippen molar-refractivity contribution in [2.24, 2.45) is 0 Å². The quantitative estimate of drug-likeness (QED) is 0.759. The van der Waals surface area contributed by atoms with Gasteiger partial charge in [-0.3, -0.25) is 0 Å². The molecule has 0 amide bonds. The highest BCUT2D eigenvalue weighted by atomic mass is 35.5. The van der Waals surface area contributed by atoms with Crippen molar-refractivity contribution in [1.82, 2.24) is 9.97 Å². The highest BCUT2D eigenvalue weighted by Gasteiger charge is 2.10. The van der Waals surface area contributed by atoms with E-state index in [4.69, 9.17) is 11.6 Å². The molecule has 2 nitrogen and oxygen atoms in total. The molecule has 0 N–H and O–H groups in total. The zero-order valence-corrected chi connectivity index (χ0v) is 11.5. The molecule has 3 heteroatoms. The lowest BCUT2D eigenvalue weighted by Gasteiger charge is -2.09. The summed E-state index contributed by atoms with van der Waals surface area (Å²) in [6.45, 7) is 4.13. The molecule has 2 rings (SSSR count). The number of benzene rings is 1. The van der Waals surface area contributed by atoms with E-state index < -0.39 is 0 Å². The van der Waals surface area contributed by atoms with Gasteiger partial charge in [-0.15, -0.1) is 0 Å². The summed E-state index contributed by atoms with van der Waals surface area (Å²) >= 11 is 6.20. The summed E-state index contributed by atoms with van der Waals surface area (Å²) in [4.78, 5) is 9.00. The van der Waals surface area contributed by atoms with Crippen LogP contribution in [0.3, 0.4) is 0 Å². The number of aryl methyl sites for hydroxylation is 1. The van der Waals surface area contributed by atoms with Gasteiger partial charge in [-0.05, 0) is 13.3 Å². The Kier molecular flexibility index (Phi) is 4.32. The second kappa shape index (κ2) is 5.96. The van der Waals surface area contributed by atoms with E-state index in [0.29, 0.717) is 5.15 Å². The highest BCUT2D eigenvalue weighted by molar-refractivity contribution is 6.30. The van der Waals surface area contributed by atoms with Gasteiger partial charge in [-0.25, -0.2) is 9.97 Å². The molecule has 18 heavy (non-hydrogen) atoms. The third-order valence-corrected chi connectivity index (χ3v) is 3.30. The van der Waals surface area contributed by atoms with E-state index in [2.05, 4.69) is 29.0 Å². The van der Waals surface area contributed by atoms with Crippen molar-refractivity contribution in [2.75, 3.05) is 0 Å². The lowest BCUT2D eigenvalue weighted by molar-refractivity contribution is 0.752. The first kappa shape index (κ1) is 13.0. The fraction of sp³-hybridized carbons (Fsp3) is 0.333. The molecule has 0 saturated carbocycles. The first-order valence-electron chi connectivity index (χ1n) is 6.30. The van der Waals surface area contributed by atoms with Gasteiger partial charge in [0.2, 0.25) is 0 Å². The molecule has 94 valence electrons. The van der Waals surface area contributed by atoms with Crippen molar-refractivity contribution in [1.29, 1.82) is 0 Å². The molecular formula is C15H17ClN2. The molecule has 1 heterocycles. The van der Waals surface area contributed by atoms with Crippen LogP contribution in [-0.4, -0.2) is 9.97 Å². The largest absolute Gasteiger partial charge is 0.233 e. The Labute approximate surface area is 113 Å². The molecule has 0 saturated heterocycles. The van der Waals surface area contributed by atoms with Crippen LogP contribution in [-0.2, 0) is 6.42 Å². The summed E-state index contributed by atoms with van der Waals surface area (Å²) < 4.78 is 0. The standard InChI is InChI=1S/C15H17ClN2/c1-3-4-10-13-17-14(11(2)15(16)18-13)12-8-6-5-7-9-12/h5-9H,3-4,10H2,1-2H3.